The van der Waals surface area contributed by atoms with Gasteiger partial charge in [-0.25, -0.2) is 4.98 Å². The van der Waals surface area contributed by atoms with Crippen molar-refractivity contribution in [1.82, 2.24) is 9.55 Å². The number of aromatic nitrogens is 2. The Morgan fingerprint density at radius 2 is 2.33 bits per heavy atom. The van der Waals surface area contributed by atoms with Crippen molar-refractivity contribution < 1.29 is 4.79 Å². The molecule has 0 N–H and O–H groups in total. The molecule has 0 radical (unpaired) electrons. The molecule has 0 aliphatic carbocycles. The number of aryl methyl sites for hydroxylation is 1. The standard InChI is InChI=1S/C9H14N2O/c1-3-6-11-7-5-10-9(11)8(12)4-2/h5,7H,3-4,6H2,1-2H3. The average Bonchev–Trinajstić information content (AvgIpc) is 2.52. The van der Waals surface area contributed by atoms with E-state index < -0.39 is 0 Å². The van der Waals surface area contributed by atoms with E-state index >= 15 is 0 Å². The monoisotopic (exact) mass is 166 g/mol. The van der Waals surface area contributed by atoms with Gasteiger partial charge in [0.05, 0.1) is 0 Å². The Bertz CT molecular complexity index is 265. The van der Waals surface area contributed by atoms with Crippen LogP contribution in [0.15, 0.2) is 12.4 Å². The van der Waals surface area contributed by atoms with Gasteiger partial charge in [-0.3, -0.25) is 4.79 Å². The van der Waals surface area contributed by atoms with Crippen LogP contribution in [-0.2, 0) is 6.54 Å². The second-order valence-electron chi connectivity index (χ2n) is 2.72. The zero-order valence-electron chi connectivity index (χ0n) is 7.58. The molecule has 3 heteroatoms. The average molecular weight is 166 g/mol. The molecular formula is C9H14N2O. The van der Waals surface area contributed by atoms with Gasteiger partial charge in [0.15, 0.2) is 11.6 Å². The molecule has 0 saturated carbocycles. The molecule has 0 bridgehead atoms. The number of hydrogen-bond donors (Lipinski definition) is 0. The highest BCUT2D eigenvalue weighted by molar-refractivity contribution is 5.92. The van der Waals surface area contributed by atoms with Crippen LogP contribution in [0.3, 0.4) is 0 Å². The van der Waals surface area contributed by atoms with Gasteiger partial charge in [0.2, 0.25) is 0 Å². The van der Waals surface area contributed by atoms with Crippen LogP contribution in [0.1, 0.15) is 37.3 Å². The van der Waals surface area contributed by atoms with E-state index in [1.54, 1.807) is 6.20 Å². The minimum absolute atomic E-state index is 0.119. The Morgan fingerprint density at radius 3 is 2.92 bits per heavy atom. The molecule has 1 heterocycles. The van der Waals surface area contributed by atoms with Gasteiger partial charge in [0, 0.05) is 25.4 Å². The smallest absolute Gasteiger partial charge is 0.197 e. The predicted octanol–water partition coefficient (Wildman–Crippen LogP) is 1.89. The van der Waals surface area contributed by atoms with Crippen molar-refractivity contribution in [1.29, 1.82) is 0 Å². The fourth-order valence-electron chi connectivity index (χ4n) is 1.14. The molecule has 0 fully saturated rings. The molecule has 0 amide bonds. The Labute approximate surface area is 72.4 Å². The van der Waals surface area contributed by atoms with Gasteiger partial charge in [0.25, 0.3) is 0 Å². The van der Waals surface area contributed by atoms with E-state index in [0.717, 1.165) is 13.0 Å². The van der Waals surface area contributed by atoms with Gasteiger partial charge in [-0.1, -0.05) is 13.8 Å². The lowest BCUT2D eigenvalue weighted by Gasteiger charge is -2.02. The number of imidazole rings is 1. The van der Waals surface area contributed by atoms with Crippen molar-refractivity contribution in [2.75, 3.05) is 0 Å². The SMILES string of the molecule is CCCn1ccnc1C(=O)CC. The van der Waals surface area contributed by atoms with Crippen LogP contribution in [0.25, 0.3) is 0 Å². The highest BCUT2D eigenvalue weighted by Crippen LogP contribution is 2.02. The first-order valence-corrected chi connectivity index (χ1v) is 4.34. The summed E-state index contributed by atoms with van der Waals surface area (Å²) in [5, 5.41) is 0. The molecule has 1 aromatic heterocycles. The summed E-state index contributed by atoms with van der Waals surface area (Å²) in [4.78, 5) is 15.3. The summed E-state index contributed by atoms with van der Waals surface area (Å²) in [5.41, 5.74) is 0. The van der Waals surface area contributed by atoms with Crippen LogP contribution in [-0.4, -0.2) is 15.3 Å². The Kier molecular flexibility index (Phi) is 3.02. The van der Waals surface area contributed by atoms with Gasteiger partial charge >= 0.3 is 0 Å². The lowest BCUT2D eigenvalue weighted by Crippen LogP contribution is -2.08. The van der Waals surface area contributed by atoms with Gasteiger partial charge in [-0.15, -0.1) is 0 Å². The molecule has 66 valence electrons. The molecule has 0 aliphatic heterocycles. The summed E-state index contributed by atoms with van der Waals surface area (Å²) in [6, 6.07) is 0. The van der Waals surface area contributed by atoms with Gasteiger partial charge in [-0.05, 0) is 6.42 Å². The van der Waals surface area contributed by atoms with Crippen molar-refractivity contribution in [3.8, 4) is 0 Å². The number of carbonyl (C=O) groups is 1. The zero-order chi connectivity index (χ0) is 8.97. The summed E-state index contributed by atoms with van der Waals surface area (Å²) >= 11 is 0. The maximum absolute atomic E-state index is 11.3. The quantitative estimate of drug-likeness (QED) is 0.640. The molecular weight excluding hydrogens is 152 g/mol. The molecule has 0 aliphatic rings. The van der Waals surface area contributed by atoms with Crippen LogP contribution >= 0.6 is 0 Å². The maximum atomic E-state index is 11.3. The van der Waals surface area contributed by atoms with Crippen molar-refractivity contribution in [2.24, 2.45) is 0 Å². The normalized spacial score (nSPS) is 10.2. The largest absolute Gasteiger partial charge is 0.329 e. The lowest BCUT2D eigenvalue weighted by molar-refractivity contribution is 0.0974. The second-order valence-corrected chi connectivity index (χ2v) is 2.72. The Hall–Kier alpha value is -1.12. The summed E-state index contributed by atoms with van der Waals surface area (Å²) in [6.45, 7) is 4.81. The first-order valence-electron chi connectivity index (χ1n) is 4.34. The van der Waals surface area contributed by atoms with Gasteiger partial charge in [-0.2, -0.15) is 0 Å². The third-order valence-electron chi connectivity index (χ3n) is 1.75. The number of nitrogens with zero attached hydrogens (tertiary/aromatic N) is 2. The van der Waals surface area contributed by atoms with E-state index in [-0.39, 0.29) is 5.78 Å². The molecule has 1 aromatic rings. The molecule has 12 heavy (non-hydrogen) atoms. The third-order valence-corrected chi connectivity index (χ3v) is 1.75. The van der Waals surface area contributed by atoms with Crippen molar-refractivity contribution in [2.45, 2.75) is 33.2 Å². The van der Waals surface area contributed by atoms with E-state index in [1.165, 1.54) is 0 Å². The van der Waals surface area contributed by atoms with Gasteiger partial charge in [0.1, 0.15) is 0 Å². The summed E-state index contributed by atoms with van der Waals surface area (Å²) in [7, 11) is 0. The molecule has 0 atom stereocenters. The molecule has 0 spiro atoms. The highest BCUT2D eigenvalue weighted by Gasteiger charge is 2.08. The highest BCUT2D eigenvalue weighted by atomic mass is 16.1. The molecule has 3 nitrogen and oxygen atoms in total. The first-order chi connectivity index (χ1) is 5.79. The zero-order valence-corrected chi connectivity index (χ0v) is 7.58. The van der Waals surface area contributed by atoms with Crippen LogP contribution in [0.5, 0.6) is 0 Å². The fourth-order valence-corrected chi connectivity index (χ4v) is 1.14. The summed E-state index contributed by atoms with van der Waals surface area (Å²) in [5.74, 6) is 0.716. The van der Waals surface area contributed by atoms with Crippen LogP contribution in [0, 0.1) is 0 Å². The molecule has 0 unspecified atom stereocenters. The van der Waals surface area contributed by atoms with E-state index in [0.29, 0.717) is 12.2 Å². The minimum Gasteiger partial charge on any atom is -0.329 e. The Morgan fingerprint density at radius 1 is 1.58 bits per heavy atom. The van der Waals surface area contributed by atoms with E-state index in [9.17, 15) is 4.79 Å². The Balaban J connectivity index is 2.83. The molecule has 0 aromatic carbocycles. The summed E-state index contributed by atoms with van der Waals surface area (Å²) in [6.07, 6.45) is 5.09. The summed E-state index contributed by atoms with van der Waals surface area (Å²) < 4.78 is 1.91. The lowest BCUT2D eigenvalue weighted by atomic mass is 10.3. The van der Waals surface area contributed by atoms with Crippen LogP contribution < -0.4 is 0 Å². The second kappa shape index (κ2) is 4.04. The topological polar surface area (TPSA) is 34.9 Å². The number of Topliss-reactive ketones (excluding diaryl/α,β-unsaturated/α-hetero) is 1. The predicted molar refractivity (Wildman–Crippen MR) is 47.1 cm³/mol. The van der Waals surface area contributed by atoms with Crippen LogP contribution in [0.2, 0.25) is 0 Å². The number of rotatable bonds is 4. The molecule has 0 saturated heterocycles. The van der Waals surface area contributed by atoms with Crippen molar-refractivity contribution >= 4 is 5.78 Å². The third kappa shape index (κ3) is 1.72. The number of ketones is 1. The van der Waals surface area contributed by atoms with E-state index in [1.807, 2.05) is 17.7 Å². The van der Waals surface area contributed by atoms with Gasteiger partial charge < -0.3 is 4.57 Å². The maximum Gasteiger partial charge on any atom is 0.197 e. The van der Waals surface area contributed by atoms with Crippen molar-refractivity contribution in [3.05, 3.63) is 18.2 Å². The van der Waals surface area contributed by atoms with Crippen molar-refractivity contribution in [3.63, 3.8) is 0 Å². The fraction of sp³-hybridized carbons (Fsp3) is 0.556. The first kappa shape index (κ1) is 8.97. The number of hydrogen-bond acceptors (Lipinski definition) is 2. The number of carbonyl (C=O) groups excluding carboxylic acids is 1. The van der Waals surface area contributed by atoms with Crippen LogP contribution in [0.4, 0.5) is 0 Å². The minimum atomic E-state index is 0.119. The molecule has 1 rings (SSSR count). The van der Waals surface area contributed by atoms with E-state index in [2.05, 4.69) is 11.9 Å². The van der Waals surface area contributed by atoms with E-state index in [4.69, 9.17) is 0 Å².